The summed E-state index contributed by atoms with van der Waals surface area (Å²) in [6.07, 6.45) is 0. The molecule has 0 amide bonds. The standard InChI is InChI=1S/C14H19N5O2/c1-5-15-11-6-9(2)16-12(18-11)8-19-13(20)7-10(3)17-14(19)21-4/h6-7H,5,8H2,1-4H3,(H,15,16,18). The smallest absolute Gasteiger partial charge is 0.299 e. The van der Waals surface area contributed by atoms with E-state index < -0.39 is 0 Å². The van der Waals surface area contributed by atoms with Crippen molar-refractivity contribution in [2.24, 2.45) is 0 Å². The quantitative estimate of drug-likeness (QED) is 0.889. The van der Waals surface area contributed by atoms with E-state index in [1.54, 1.807) is 6.92 Å². The van der Waals surface area contributed by atoms with Crippen molar-refractivity contribution in [3.8, 4) is 6.01 Å². The summed E-state index contributed by atoms with van der Waals surface area (Å²) in [5, 5.41) is 3.14. The van der Waals surface area contributed by atoms with Crippen molar-refractivity contribution in [3.63, 3.8) is 0 Å². The number of ether oxygens (including phenoxy) is 1. The Morgan fingerprint density at radius 1 is 1.19 bits per heavy atom. The molecule has 0 aromatic carbocycles. The molecule has 0 fully saturated rings. The van der Waals surface area contributed by atoms with E-state index in [1.807, 2.05) is 19.9 Å². The number of hydrogen-bond acceptors (Lipinski definition) is 6. The van der Waals surface area contributed by atoms with Gasteiger partial charge in [-0.15, -0.1) is 0 Å². The van der Waals surface area contributed by atoms with Crippen molar-refractivity contribution >= 4 is 5.82 Å². The molecule has 0 radical (unpaired) electrons. The highest BCUT2D eigenvalue weighted by Gasteiger charge is 2.10. The van der Waals surface area contributed by atoms with Crippen LogP contribution in [0.3, 0.4) is 0 Å². The molecular formula is C14H19N5O2. The van der Waals surface area contributed by atoms with Crippen LogP contribution in [0, 0.1) is 13.8 Å². The second-order valence-electron chi connectivity index (χ2n) is 4.65. The van der Waals surface area contributed by atoms with Gasteiger partial charge in [0.15, 0.2) is 5.82 Å². The van der Waals surface area contributed by atoms with Crippen LogP contribution in [0.5, 0.6) is 6.01 Å². The van der Waals surface area contributed by atoms with Gasteiger partial charge in [-0.1, -0.05) is 0 Å². The molecule has 1 N–H and O–H groups in total. The van der Waals surface area contributed by atoms with Gasteiger partial charge in [0.1, 0.15) is 5.82 Å². The summed E-state index contributed by atoms with van der Waals surface area (Å²) < 4.78 is 6.58. The maximum absolute atomic E-state index is 12.1. The Morgan fingerprint density at radius 3 is 2.57 bits per heavy atom. The molecular weight excluding hydrogens is 270 g/mol. The number of anilines is 1. The minimum absolute atomic E-state index is 0.186. The van der Waals surface area contributed by atoms with Gasteiger partial charge in [-0.25, -0.2) is 15.0 Å². The monoisotopic (exact) mass is 289 g/mol. The van der Waals surface area contributed by atoms with Crippen molar-refractivity contribution < 1.29 is 4.74 Å². The van der Waals surface area contributed by atoms with Crippen LogP contribution in [0.4, 0.5) is 5.82 Å². The molecule has 0 aliphatic carbocycles. The van der Waals surface area contributed by atoms with Crippen molar-refractivity contribution in [2.75, 3.05) is 19.0 Å². The highest BCUT2D eigenvalue weighted by molar-refractivity contribution is 5.35. The number of rotatable bonds is 5. The van der Waals surface area contributed by atoms with Crippen LogP contribution in [0.2, 0.25) is 0 Å². The molecule has 2 aromatic rings. The molecule has 0 saturated carbocycles. The van der Waals surface area contributed by atoms with E-state index in [1.165, 1.54) is 17.7 Å². The van der Waals surface area contributed by atoms with Crippen molar-refractivity contribution in [3.05, 3.63) is 39.7 Å². The molecule has 0 aliphatic rings. The first-order valence-electron chi connectivity index (χ1n) is 6.74. The molecule has 21 heavy (non-hydrogen) atoms. The fourth-order valence-corrected chi connectivity index (χ4v) is 2.01. The van der Waals surface area contributed by atoms with E-state index in [-0.39, 0.29) is 18.1 Å². The highest BCUT2D eigenvalue weighted by atomic mass is 16.5. The summed E-state index contributed by atoms with van der Waals surface area (Å²) >= 11 is 0. The zero-order valence-electron chi connectivity index (χ0n) is 12.7. The normalized spacial score (nSPS) is 10.5. The molecule has 7 heteroatoms. The lowest BCUT2D eigenvalue weighted by atomic mass is 10.4. The van der Waals surface area contributed by atoms with E-state index in [0.717, 1.165) is 18.1 Å². The fourth-order valence-electron chi connectivity index (χ4n) is 2.01. The van der Waals surface area contributed by atoms with E-state index in [0.29, 0.717) is 11.5 Å². The summed E-state index contributed by atoms with van der Waals surface area (Å²) in [5.74, 6) is 1.28. The van der Waals surface area contributed by atoms with Crippen LogP contribution < -0.4 is 15.6 Å². The molecule has 2 heterocycles. The van der Waals surface area contributed by atoms with E-state index in [2.05, 4.69) is 20.3 Å². The fraction of sp³-hybridized carbons (Fsp3) is 0.429. The molecule has 0 unspecified atom stereocenters. The summed E-state index contributed by atoms with van der Waals surface area (Å²) in [5.41, 5.74) is 1.27. The minimum atomic E-state index is -0.186. The SMILES string of the molecule is CCNc1cc(C)nc(Cn2c(OC)nc(C)cc2=O)n1. The van der Waals surface area contributed by atoms with Gasteiger partial charge in [-0.2, -0.15) is 0 Å². The van der Waals surface area contributed by atoms with Gasteiger partial charge in [0.05, 0.1) is 13.7 Å². The molecule has 7 nitrogen and oxygen atoms in total. The number of aryl methyl sites for hydroxylation is 2. The van der Waals surface area contributed by atoms with Crippen LogP contribution in [0.1, 0.15) is 24.1 Å². The molecule has 2 rings (SSSR count). The van der Waals surface area contributed by atoms with Gasteiger partial charge in [0.25, 0.3) is 11.6 Å². The lowest BCUT2D eigenvalue weighted by Gasteiger charge is -2.11. The third kappa shape index (κ3) is 3.56. The summed E-state index contributed by atoms with van der Waals surface area (Å²) in [6.45, 7) is 6.62. The predicted octanol–water partition coefficient (Wildman–Crippen LogP) is 1.14. The minimum Gasteiger partial charge on any atom is -0.468 e. The van der Waals surface area contributed by atoms with Gasteiger partial charge < -0.3 is 10.1 Å². The molecule has 0 aliphatic heterocycles. The Bertz CT molecular complexity index is 696. The Balaban J connectivity index is 2.40. The van der Waals surface area contributed by atoms with Gasteiger partial charge in [0.2, 0.25) is 0 Å². The van der Waals surface area contributed by atoms with Crippen molar-refractivity contribution in [1.82, 2.24) is 19.5 Å². The van der Waals surface area contributed by atoms with Gasteiger partial charge in [0, 0.05) is 30.1 Å². The topological polar surface area (TPSA) is 81.9 Å². The van der Waals surface area contributed by atoms with Crippen molar-refractivity contribution in [2.45, 2.75) is 27.3 Å². The molecule has 0 saturated heterocycles. The third-order valence-corrected chi connectivity index (χ3v) is 2.84. The Labute approximate surface area is 123 Å². The molecule has 112 valence electrons. The van der Waals surface area contributed by atoms with Crippen LogP contribution in [0.15, 0.2) is 16.9 Å². The number of hydrogen-bond donors (Lipinski definition) is 1. The number of nitrogens with zero attached hydrogens (tertiary/aromatic N) is 4. The molecule has 0 atom stereocenters. The van der Waals surface area contributed by atoms with Gasteiger partial charge in [-0.3, -0.25) is 9.36 Å². The molecule has 2 aromatic heterocycles. The summed E-state index contributed by atoms with van der Waals surface area (Å²) in [7, 11) is 1.49. The largest absolute Gasteiger partial charge is 0.468 e. The van der Waals surface area contributed by atoms with Gasteiger partial charge in [-0.05, 0) is 20.8 Å². The maximum Gasteiger partial charge on any atom is 0.299 e. The average molecular weight is 289 g/mol. The Kier molecular flexibility index (Phi) is 4.52. The van der Waals surface area contributed by atoms with Crippen LogP contribution >= 0.6 is 0 Å². The lowest BCUT2D eigenvalue weighted by Crippen LogP contribution is -2.24. The molecule has 0 spiro atoms. The Morgan fingerprint density at radius 2 is 1.90 bits per heavy atom. The summed E-state index contributed by atoms with van der Waals surface area (Å²) in [6, 6.07) is 3.58. The van der Waals surface area contributed by atoms with Crippen molar-refractivity contribution in [1.29, 1.82) is 0 Å². The zero-order chi connectivity index (χ0) is 15.4. The second kappa shape index (κ2) is 6.34. The lowest BCUT2D eigenvalue weighted by molar-refractivity contribution is 0.348. The third-order valence-electron chi connectivity index (χ3n) is 2.84. The predicted molar refractivity (Wildman–Crippen MR) is 79.8 cm³/mol. The Hall–Kier alpha value is -2.44. The number of methoxy groups -OCH3 is 1. The number of nitrogens with one attached hydrogen (secondary N) is 1. The van der Waals surface area contributed by atoms with Crippen LogP contribution in [-0.2, 0) is 6.54 Å². The second-order valence-corrected chi connectivity index (χ2v) is 4.65. The van der Waals surface area contributed by atoms with Crippen LogP contribution in [0.25, 0.3) is 0 Å². The molecule has 0 bridgehead atoms. The number of aromatic nitrogens is 4. The van der Waals surface area contributed by atoms with E-state index in [9.17, 15) is 4.79 Å². The average Bonchev–Trinajstić information content (AvgIpc) is 2.41. The van der Waals surface area contributed by atoms with E-state index >= 15 is 0 Å². The summed E-state index contributed by atoms with van der Waals surface area (Å²) in [4.78, 5) is 25.0. The van der Waals surface area contributed by atoms with Gasteiger partial charge >= 0.3 is 0 Å². The van der Waals surface area contributed by atoms with Crippen LogP contribution in [-0.4, -0.2) is 33.2 Å². The highest BCUT2D eigenvalue weighted by Crippen LogP contribution is 2.10. The first kappa shape index (κ1) is 15.0. The first-order chi connectivity index (χ1) is 10.0. The van der Waals surface area contributed by atoms with E-state index in [4.69, 9.17) is 4.74 Å². The first-order valence-corrected chi connectivity index (χ1v) is 6.74. The maximum atomic E-state index is 12.1. The zero-order valence-corrected chi connectivity index (χ0v) is 12.7.